The zero-order valence-corrected chi connectivity index (χ0v) is 9.65. The monoisotopic (exact) mass is 231 g/mol. The van der Waals surface area contributed by atoms with Gasteiger partial charge < -0.3 is 0 Å². The number of nitrogens with zero attached hydrogens (tertiary/aromatic N) is 1. The van der Waals surface area contributed by atoms with E-state index in [-0.39, 0.29) is 12.4 Å². The molecule has 1 aromatic rings. The summed E-state index contributed by atoms with van der Waals surface area (Å²) in [5.41, 5.74) is 2.98. The van der Waals surface area contributed by atoms with Gasteiger partial charge in [0.15, 0.2) is 0 Å². The molecule has 14 heavy (non-hydrogen) atoms. The molecule has 1 aliphatic rings. The summed E-state index contributed by atoms with van der Waals surface area (Å²) < 4.78 is 0. The van der Waals surface area contributed by atoms with Crippen molar-refractivity contribution in [1.29, 1.82) is 0 Å². The highest BCUT2D eigenvalue weighted by Crippen LogP contribution is 2.17. The number of alkyl halides is 1. The first-order valence-electron chi connectivity index (χ1n) is 4.75. The lowest BCUT2D eigenvalue weighted by atomic mass is 10.0. The molecule has 0 saturated carbocycles. The van der Waals surface area contributed by atoms with E-state index in [2.05, 4.69) is 29.2 Å². The van der Waals surface area contributed by atoms with E-state index in [0.717, 1.165) is 25.5 Å². The van der Waals surface area contributed by atoms with Crippen LogP contribution in [0.3, 0.4) is 0 Å². The van der Waals surface area contributed by atoms with Crippen molar-refractivity contribution >= 4 is 24.0 Å². The summed E-state index contributed by atoms with van der Waals surface area (Å²) in [4.78, 5) is 2.41. The molecule has 1 aromatic carbocycles. The molecule has 0 amide bonds. The van der Waals surface area contributed by atoms with Crippen molar-refractivity contribution in [3.05, 3.63) is 35.4 Å². The van der Waals surface area contributed by atoms with Gasteiger partial charge in [0.1, 0.15) is 0 Å². The Kier molecular flexibility index (Phi) is 4.73. The molecule has 0 aliphatic carbocycles. The van der Waals surface area contributed by atoms with Crippen LogP contribution in [-0.2, 0) is 13.0 Å². The Labute approximate surface area is 96.5 Å². The fourth-order valence-electron chi connectivity index (χ4n) is 1.86. The van der Waals surface area contributed by atoms with E-state index in [9.17, 15) is 0 Å². The highest BCUT2D eigenvalue weighted by atomic mass is 35.5. The third-order valence-corrected chi connectivity index (χ3v) is 2.78. The van der Waals surface area contributed by atoms with Gasteiger partial charge in [-0.25, -0.2) is 0 Å². The topological polar surface area (TPSA) is 3.24 Å². The van der Waals surface area contributed by atoms with Crippen LogP contribution < -0.4 is 0 Å². The van der Waals surface area contributed by atoms with Crippen LogP contribution in [-0.4, -0.2) is 23.9 Å². The summed E-state index contributed by atoms with van der Waals surface area (Å²) >= 11 is 5.72. The standard InChI is InChI=1S/C11H14ClN.ClH/c12-6-8-13-7-5-10-3-1-2-4-11(10)9-13;/h1-4H,5-9H2;1H. The largest absolute Gasteiger partial charge is 0.298 e. The first-order chi connectivity index (χ1) is 6.40. The van der Waals surface area contributed by atoms with Crippen LogP contribution in [0.15, 0.2) is 24.3 Å². The summed E-state index contributed by atoms with van der Waals surface area (Å²) in [5, 5.41) is 0. The first kappa shape index (κ1) is 11.8. The Morgan fingerprint density at radius 1 is 1.21 bits per heavy atom. The van der Waals surface area contributed by atoms with Gasteiger partial charge in [-0.2, -0.15) is 0 Å². The lowest BCUT2D eigenvalue weighted by Gasteiger charge is -2.27. The Morgan fingerprint density at radius 3 is 2.64 bits per heavy atom. The van der Waals surface area contributed by atoms with Gasteiger partial charge >= 0.3 is 0 Å². The molecule has 0 aromatic heterocycles. The smallest absolute Gasteiger partial charge is 0.0351 e. The second-order valence-electron chi connectivity index (χ2n) is 3.48. The van der Waals surface area contributed by atoms with E-state index in [1.54, 1.807) is 0 Å². The van der Waals surface area contributed by atoms with Crippen molar-refractivity contribution in [3.8, 4) is 0 Å². The van der Waals surface area contributed by atoms with Gasteiger partial charge in [-0.05, 0) is 17.5 Å². The second kappa shape index (κ2) is 5.59. The number of rotatable bonds is 2. The Morgan fingerprint density at radius 2 is 1.93 bits per heavy atom. The lowest BCUT2D eigenvalue weighted by molar-refractivity contribution is 0.270. The zero-order chi connectivity index (χ0) is 9.10. The molecule has 0 fully saturated rings. The van der Waals surface area contributed by atoms with E-state index in [1.807, 2.05) is 0 Å². The second-order valence-corrected chi connectivity index (χ2v) is 3.86. The lowest BCUT2D eigenvalue weighted by Crippen LogP contribution is -2.31. The maximum atomic E-state index is 5.72. The van der Waals surface area contributed by atoms with Crippen molar-refractivity contribution in [2.75, 3.05) is 19.0 Å². The molecule has 0 unspecified atom stereocenters. The third-order valence-electron chi connectivity index (χ3n) is 2.61. The van der Waals surface area contributed by atoms with Crippen LogP contribution in [0.4, 0.5) is 0 Å². The molecular weight excluding hydrogens is 217 g/mol. The van der Waals surface area contributed by atoms with Crippen LogP contribution in [0.1, 0.15) is 11.1 Å². The fraction of sp³-hybridized carbons (Fsp3) is 0.455. The van der Waals surface area contributed by atoms with E-state index >= 15 is 0 Å². The first-order valence-corrected chi connectivity index (χ1v) is 5.28. The van der Waals surface area contributed by atoms with Gasteiger partial charge in [0.2, 0.25) is 0 Å². The summed E-state index contributed by atoms with van der Waals surface area (Å²) in [7, 11) is 0. The molecule has 1 nitrogen and oxygen atoms in total. The number of hydrogen-bond acceptors (Lipinski definition) is 1. The molecule has 3 heteroatoms. The molecule has 78 valence electrons. The summed E-state index contributed by atoms with van der Waals surface area (Å²) in [6, 6.07) is 8.68. The molecule has 0 atom stereocenters. The van der Waals surface area contributed by atoms with Crippen LogP contribution in [0, 0.1) is 0 Å². The molecule has 1 heterocycles. The Hall–Kier alpha value is -0.240. The summed E-state index contributed by atoms with van der Waals surface area (Å²) in [6.45, 7) is 3.24. The molecule has 1 aliphatic heterocycles. The minimum Gasteiger partial charge on any atom is -0.298 e. The molecule has 0 spiro atoms. The zero-order valence-electron chi connectivity index (χ0n) is 8.08. The maximum Gasteiger partial charge on any atom is 0.0351 e. The van der Waals surface area contributed by atoms with Crippen LogP contribution in [0.2, 0.25) is 0 Å². The minimum absolute atomic E-state index is 0. The van der Waals surface area contributed by atoms with Gasteiger partial charge in [0.05, 0.1) is 0 Å². The van der Waals surface area contributed by atoms with E-state index in [4.69, 9.17) is 11.6 Å². The van der Waals surface area contributed by atoms with Crippen molar-refractivity contribution in [2.45, 2.75) is 13.0 Å². The average Bonchev–Trinajstić information content (AvgIpc) is 2.18. The molecule has 0 N–H and O–H groups in total. The molecule has 2 rings (SSSR count). The van der Waals surface area contributed by atoms with Crippen molar-refractivity contribution < 1.29 is 0 Å². The number of halogens is 2. The third kappa shape index (κ3) is 2.63. The Bertz CT molecular complexity index is 288. The number of hydrogen-bond donors (Lipinski definition) is 0. The number of fused-ring (bicyclic) bond motifs is 1. The predicted octanol–water partition coefficient (Wildman–Crippen LogP) is 2.71. The fourth-order valence-corrected chi connectivity index (χ4v) is 2.10. The quantitative estimate of drug-likeness (QED) is 0.708. The van der Waals surface area contributed by atoms with Gasteiger partial charge in [-0.15, -0.1) is 24.0 Å². The molecule has 0 saturated heterocycles. The number of benzene rings is 1. The van der Waals surface area contributed by atoms with E-state index in [0.29, 0.717) is 0 Å². The molecular formula is C11H15Cl2N. The van der Waals surface area contributed by atoms with Crippen LogP contribution in [0.5, 0.6) is 0 Å². The maximum absolute atomic E-state index is 5.72. The van der Waals surface area contributed by atoms with Gasteiger partial charge in [0, 0.05) is 25.5 Å². The average molecular weight is 232 g/mol. The van der Waals surface area contributed by atoms with Gasteiger partial charge in [0.25, 0.3) is 0 Å². The Balaban J connectivity index is 0.000000980. The van der Waals surface area contributed by atoms with Crippen LogP contribution >= 0.6 is 24.0 Å². The minimum atomic E-state index is 0. The van der Waals surface area contributed by atoms with Crippen LogP contribution in [0.25, 0.3) is 0 Å². The molecule has 0 bridgehead atoms. The normalized spacial score (nSPS) is 15.8. The van der Waals surface area contributed by atoms with Crippen molar-refractivity contribution in [2.24, 2.45) is 0 Å². The van der Waals surface area contributed by atoms with Crippen molar-refractivity contribution in [3.63, 3.8) is 0 Å². The highest BCUT2D eigenvalue weighted by Gasteiger charge is 2.14. The molecule has 0 radical (unpaired) electrons. The van der Waals surface area contributed by atoms with Crippen molar-refractivity contribution in [1.82, 2.24) is 4.90 Å². The summed E-state index contributed by atoms with van der Waals surface area (Å²) in [6.07, 6.45) is 1.17. The van der Waals surface area contributed by atoms with E-state index < -0.39 is 0 Å². The highest BCUT2D eigenvalue weighted by molar-refractivity contribution is 6.18. The van der Waals surface area contributed by atoms with Gasteiger partial charge in [-0.3, -0.25) is 4.90 Å². The SMILES string of the molecule is Cl.ClCCN1CCc2ccccc2C1. The summed E-state index contributed by atoms with van der Waals surface area (Å²) in [5.74, 6) is 0.738. The predicted molar refractivity (Wildman–Crippen MR) is 63.4 cm³/mol. The van der Waals surface area contributed by atoms with Gasteiger partial charge in [-0.1, -0.05) is 24.3 Å². The van der Waals surface area contributed by atoms with E-state index in [1.165, 1.54) is 17.5 Å².